The highest BCUT2D eigenvalue weighted by Gasteiger charge is 2.83. The standard InChI is InChI=1S/C45H74O17/c1-19-28(49)31(52)33(54)38(58-19)61-34-30(51)24(48)17-57-39(34)60-26-9-11-45-18-44(45)13-12-42(6)20(14-22(46)35(42)43(7)10-8-27(62-43)41(4,5)55)21(44)15-25(36(45)40(26,2)3)59-37-32(53)29(50)23(47)16-56-37/h19-39,46-55H,8-18H2,1-7H3. The number of aliphatic hydroxyl groups is 10. The molecule has 0 amide bonds. The second-order valence-electron chi connectivity index (χ2n) is 22.8. The van der Waals surface area contributed by atoms with E-state index >= 15 is 0 Å². The number of ether oxygens (including phenoxy) is 7. The Bertz CT molecular complexity index is 1650. The van der Waals surface area contributed by atoms with Crippen LogP contribution in [-0.2, 0) is 33.2 Å². The number of hydrogen-bond acceptors (Lipinski definition) is 17. The van der Waals surface area contributed by atoms with Crippen molar-refractivity contribution in [3.05, 3.63) is 0 Å². The van der Waals surface area contributed by atoms with Crippen molar-refractivity contribution in [2.75, 3.05) is 13.2 Å². The number of hydrogen-bond donors (Lipinski definition) is 10. The lowest BCUT2D eigenvalue weighted by molar-refractivity contribution is -0.365. The summed E-state index contributed by atoms with van der Waals surface area (Å²) in [5.41, 5.74) is -2.82. The van der Waals surface area contributed by atoms with Crippen molar-refractivity contribution in [3.8, 4) is 0 Å². The first-order valence-electron chi connectivity index (χ1n) is 23.3. The zero-order valence-corrected chi connectivity index (χ0v) is 37.2. The third-order valence-electron chi connectivity index (χ3n) is 18.5. The molecule has 17 heteroatoms. The molecule has 5 saturated carbocycles. The van der Waals surface area contributed by atoms with E-state index in [9.17, 15) is 51.1 Å². The number of aliphatic hydroxyl groups excluding tert-OH is 9. The van der Waals surface area contributed by atoms with Gasteiger partial charge in [-0.25, -0.2) is 0 Å². The minimum absolute atomic E-state index is 0.0583. The summed E-state index contributed by atoms with van der Waals surface area (Å²) in [5.74, 6) is -0.0319. The van der Waals surface area contributed by atoms with Gasteiger partial charge >= 0.3 is 0 Å². The van der Waals surface area contributed by atoms with Gasteiger partial charge < -0.3 is 84.2 Å². The summed E-state index contributed by atoms with van der Waals surface area (Å²) in [4.78, 5) is 0. The fraction of sp³-hybridized carbons (Fsp3) is 1.00. The molecule has 25 atom stereocenters. The Morgan fingerprint density at radius 3 is 1.94 bits per heavy atom. The molecular weight excluding hydrogens is 812 g/mol. The van der Waals surface area contributed by atoms with Gasteiger partial charge in [0.1, 0.15) is 54.9 Å². The Morgan fingerprint density at radius 2 is 1.26 bits per heavy atom. The summed E-state index contributed by atoms with van der Waals surface area (Å²) in [5, 5.41) is 109. The molecule has 25 unspecified atom stereocenters. The van der Waals surface area contributed by atoms with Crippen LogP contribution in [0.4, 0.5) is 0 Å². The first-order valence-corrected chi connectivity index (χ1v) is 23.3. The average Bonchev–Trinajstić information content (AvgIpc) is 3.51. The summed E-state index contributed by atoms with van der Waals surface area (Å²) >= 11 is 0. The van der Waals surface area contributed by atoms with Crippen molar-refractivity contribution in [1.82, 2.24) is 0 Å². The molecule has 0 bridgehead atoms. The summed E-state index contributed by atoms with van der Waals surface area (Å²) < 4.78 is 44.2. The van der Waals surface area contributed by atoms with Gasteiger partial charge in [0.25, 0.3) is 0 Å². The molecule has 5 aliphatic carbocycles. The molecule has 356 valence electrons. The molecular formula is C45H74O17. The fourth-order valence-corrected chi connectivity index (χ4v) is 15.5. The molecule has 4 heterocycles. The van der Waals surface area contributed by atoms with Gasteiger partial charge in [0, 0.05) is 5.92 Å². The van der Waals surface area contributed by atoms with Gasteiger partial charge in [0.05, 0.1) is 54.9 Å². The zero-order chi connectivity index (χ0) is 44.9. The summed E-state index contributed by atoms with van der Waals surface area (Å²) in [6, 6.07) is 0. The molecule has 9 aliphatic rings. The maximum Gasteiger partial charge on any atom is 0.187 e. The van der Waals surface area contributed by atoms with E-state index in [0.717, 1.165) is 32.1 Å². The normalized spacial score (nSPS) is 58.5. The van der Waals surface area contributed by atoms with Crippen LogP contribution in [0.2, 0.25) is 0 Å². The smallest absolute Gasteiger partial charge is 0.187 e. The molecule has 0 aromatic rings. The van der Waals surface area contributed by atoms with Crippen LogP contribution in [0.3, 0.4) is 0 Å². The second kappa shape index (κ2) is 15.7. The van der Waals surface area contributed by atoms with E-state index in [1.165, 1.54) is 6.92 Å². The van der Waals surface area contributed by atoms with E-state index in [0.29, 0.717) is 25.7 Å². The molecule has 17 nitrogen and oxygen atoms in total. The van der Waals surface area contributed by atoms with Crippen LogP contribution in [0.1, 0.15) is 106 Å². The maximum absolute atomic E-state index is 12.1. The molecule has 2 spiro atoms. The summed E-state index contributed by atoms with van der Waals surface area (Å²) in [6.07, 6.45) is -13.0. The van der Waals surface area contributed by atoms with E-state index in [1.807, 2.05) is 0 Å². The predicted octanol–water partition coefficient (Wildman–Crippen LogP) is -0.175. The van der Waals surface area contributed by atoms with E-state index in [4.69, 9.17) is 33.2 Å². The van der Waals surface area contributed by atoms with Crippen molar-refractivity contribution in [3.63, 3.8) is 0 Å². The van der Waals surface area contributed by atoms with Crippen LogP contribution in [0.5, 0.6) is 0 Å². The van der Waals surface area contributed by atoms with Crippen molar-refractivity contribution < 1.29 is 84.2 Å². The first kappa shape index (κ1) is 46.4. The summed E-state index contributed by atoms with van der Waals surface area (Å²) in [7, 11) is 0. The van der Waals surface area contributed by atoms with Crippen molar-refractivity contribution in [2.24, 2.45) is 45.3 Å². The number of rotatable bonds is 8. The van der Waals surface area contributed by atoms with Gasteiger partial charge in [-0.2, -0.15) is 0 Å². The Balaban J connectivity index is 1.01. The third-order valence-corrected chi connectivity index (χ3v) is 18.5. The second-order valence-corrected chi connectivity index (χ2v) is 22.8. The quantitative estimate of drug-likeness (QED) is 0.142. The molecule has 4 saturated heterocycles. The highest BCUT2D eigenvalue weighted by molar-refractivity contribution is 5.31. The molecule has 0 aromatic carbocycles. The van der Waals surface area contributed by atoms with E-state index in [2.05, 4.69) is 27.7 Å². The van der Waals surface area contributed by atoms with Crippen molar-refractivity contribution in [1.29, 1.82) is 0 Å². The molecule has 9 rings (SSSR count). The molecule has 4 aliphatic heterocycles. The summed E-state index contributed by atoms with van der Waals surface area (Å²) in [6.45, 7) is 13.3. The topological polar surface area (TPSA) is 267 Å². The van der Waals surface area contributed by atoms with Gasteiger partial charge in [-0.1, -0.05) is 20.8 Å². The highest BCUT2D eigenvalue weighted by atomic mass is 16.8. The largest absolute Gasteiger partial charge is 0.393 e. The van der Waals surface area contributed by atoms with Gasteiger partial charge in [-0.15, -0.1) is 0 Å². The minimum atomic E-state index is -1.66. The Labute approximate surface area is 363 Å². The highest BCUT2D eigenvalue weighted by Crippen LogP contribution is 2.87. The number of fused-ring (bicyclic) bond motifs is 2. The molecule has 0 aromatic heterocycles. The SMILES string of the molecule is CC1OC(OC2C(OC3CCC45CC46CCC4(C)C(CC(O)C4C4(C)CCC(C(C)(C)O)O4)C6CC(OC4OCC(O)C(O)C4O)C5C3(C)C)OCC(O)C2O)C(O)C(O)C1O. The van der Waals surface area contributed by atoms with Crippen LogP contribution in [-0.4, -0.2) is 180 Å². The Kier molecular flexibility index (Phi) is 11.7. The van der Waals surface area contributed by atoms with E-state index in [1.54, 1.807) is 13.8 Å². The van der Waals surface area contributed by atoms with Gasteiger partial charge in [-0.3, -0.25) is 0 Å². The lowest BCUT2D eigenvalue weighted by Crippen LogP contribution is -2.64. The fourth-order valence-electron chi connectivity index (χ4n) is 15.5. The minimum Gasteiger partial charge on any atom is -0.393 e. The van der Waals surface area contributed by atoms with Crippen molar-refractivity contribution >= 4 is 0 Å². The third kappa shape index (κ3) is 6.96. The van der Waals surface area contributed by atoms with Gasteiger partial charge in [-0.05, 0) is 125 Å². The Morgan fingerprint density at radius 1 is 0.597 bits per heavy atom. The zero-order valence-electron chi connectivity index (χ0n) is 37.2. The van der Waals surface area contributed by atoms with Crippen LogP contribution < -0.4 is 0 Å². The van der Waals surface area contributed by atoms with E-state index < -0.39 is 115 Å². The van der Waals surface area contributed by atoms with E-state index in [-0.39, 0.29) is 59.2 Å². The lowest BCUT2D eigenvalue weighted by Gasteiger charge is -2.62. The van der Waals surface area contributed by atoms with Crippen LogP contribution in [0.15, 0.2) is 0 Å². The van der Waals surface area contributed by atoms with Crippen LogP contribution in [0, 0.1) is 45.3 Å². The first-order chi connectivity index (χ1) is 28.9. The van der Waals surface area contributed by atoms with Crippen LogP contribution >= 0.6 is 0 Å². The molecule has 62 heavy (non-hydrogen) atoms. The van der Waals surface area contributed by atoms with Gasteiger partial charge in [0.2, 0.25) is 0 Å². The monoisotopic (exact) mass is 886 g/mol. The van der Waals surface area contributed by atoms with Gasteiger partial charge in [0.15, 0.2) is 18.9 Å². The molecule has 9 fully saturated rings. The maximum atomic E-state index is 12.1. The lowest BCUT2D eigenvalue weighted by atomic mass is 9.45. The molecule has 10 N–H and O–H groups in total. The van der Waals surface area contributed by atoms with Crippen LogP contribution in [0.25, 0.3) is 0 Å². The molecule has 0 radical (unpaired) electrons. The average molecular weight is 887 g/mol. The van der Waals surface area contributed by atoms with Crippen molar-refractivity contribution in [2.45, 2.75) is 222 Å². The Hall–Kier alpha value is -0.680. The predicted molar refractivity (Wildman–Crippen MR) is 214 cm³/mol.